The summed E-state index contributed by atoms with van der Waals surface area (Å²) in [4.78, 5) is 23.1. The molecule has 1 N–H and O–H groups in total. The zero-order valence-electron chi connectivity index (χ0n) is 14.5. The number of nitrogens with one attached hydrogen (secondary N) is 1. The van der Waals surface area contributed by atoms with Crippen LogP contribution in [0.5, 0.6) is 0 Å². The second kappa shape index (κ2) is 6.63. The van der Waals surface area contributed by atoms with Gasteiger partial charge in [0, 0.05) is 13.1 Å². The molecular weight excluding hydrogens is 304 g/mol. The van der Waals surface area contributed by atoms with Crippen LogP contribution in [-0.4, -0.2) is 45.7 Å². The van der Waals surface area contributed by atoms with Gasteiger partial charge in [-0.1, -0.05) is 12.1 Å². The second-order valence-corrected chi connectivity index (χ2v) is 7.09. The number of ether oxygens (including phenoxy) is 1. The number of carbonyl (C=O) groups is 1. The minimum absolute atomic E-state index is 0.119. The third kappa shape index (κ3) is 3.93. The lowest BCUT2D eigenvalue weighted by Gasteiger charge is -2.28. The fourth-order valence-corrected chi connectivity index (χ4v) is 2.87. The van der Waals surface area contributed by atoms with Crippen molar-refractivity contribution in [3.8, 4) is 0 Å². The number of benzene rings is 1. The molecule has 24 heavy (non-hydrogen) atoms. The average molecular weight is 328 g/mol. The fraction of sp³-hybridized carbons (Fsp3) is 0.500. The van der Waals surface area contributed by atoms with Crippen LogP contribution >= 0.6 is 0 Å². The highest BCUT2D eigenvalue weighted by Gasteiger charge is 2.31. The summed E-state index contributed by atoms with van der Waals surface area (Å²) < 4.78 is 5.49. The largest absolute Gasteiger partial charge is 0.444 e. The number of fused-ring (bicyclic) bond motifs is 1. The van der Waals surface area contributed by atoms with Crippen molar-refractivity contribution in [1.82, 2.24) is 14.9 Å². The SMILES string of the molecule is CC(C)(C)OC(=O)N1CCC[C@@H]1CNc1cnc2ccccc2n1. The minimum Gasteiger partial charge on any atom is -0.444 e. The van der Waals surface area contributed by atoms with Gasteiger partial charge in [-0.05, 0) is 45.7 Å². The van der Waals surface area contributed by atoms with Crippen LogP contribution < -0.4 is 5.32 Å². The predicted molar refractivity (Wildman–Crippen MR) is 94.0 cm³/mol. The molecule has 1 amide bonds. The number of likely N-dealkylation sites (tertiary alicyclic amines) is 1. The molecule has 1 aliphatic rings. The first-order valence-electron chi connectivity index (χ1n) is 8.38. The summed E-state index contributed by atoms with van der Waals surface area (Å²) in [6.07, 6.45) is 3.45. The van der Waals surface area contributed by atoms with Crippen molar-refractivity contribution in [3.63, 3.8) is 0 Å². The van der Waals surface area contributed by atoms with Gasteiger partial charge in [-0.15, -0.1) is 0 Å². The molecule has 0 radical (unpaired) electrons. The maximum atomic E-state index is 12.3. The minimum atomic E-state index is -0.471. The van der Waals surface area contributed by atoms with E-state index in [0.29, 0.717) is 6.54 Å². The molecule has 6 heteroatoms. The van der Waals surface area contributed by atoms with Crippen molar-refractivity contribution in [2.24, 2.45) is 0 Å². The van der Waals surface area contributed by atoms with E-state index >= 15 is 0 Å². The molecule has 0 aliphatic carbocycles. The Morgan fingerprint density at radius 1 is 1.33 bits per heavy atom. The molecule has 128 valence electrons. The number of anilines is 1. The fourth-order valence-electron chi connectivity index (χ4n) is 2.87. The van der Waals surface area contributed by atoms with E-state index < -0.39 is 5.60 Å². The van der Waals surface area contributed by atoms with Crippen LogP contribution in [0.3, 0.4) is 0 Å². The second-order valence-electron chi connectivity index (χ2n) is 7.09. The third-order valence-corrected chi connectivity index (χ3v) is 3.97. The van der Waals surface area contributed by atoms with Crippen molar-refractivity contribution >= 4 is 22.9 Å². The summed E-state index contributed by atoms with van der Waals surface area (Å²) in [7, 11) is 0. The van der Waals surface area contributed by atoms with E-state index in [9.17, 15) is 4.79 Å². The highest BCUT2D eigenvalue weighted by molar-refractivity contribution is 5.75. The summed E-state index contributed by atoms with van der Waals surface area (Å²) >= 11 is 0. The number of hydrogen-bond acceptors (Lipinski definition) is 5. The average Bonchev–Trinajstić information content (AvgIpc) is 3.00. The van der Waals surface area contributed by atoms with E-state index in [-0.39, 0.29) is 12.1 Å². The van der Waals surface area contributed by atoms with E-state index in [2.05, 4.69) is 15.3 Å². The van der Waals surface area contributed by atoms with Crippen molar-refractivity contribution in [1.29, 1.82) is 0 Å². The Bertz CT molecular complexity index is 726. The van der Waals surface area contributed by atoms with Crippen LogP contribution in [0.2, 0.25) is 0 Å². The summed E-state index contributed by atoms with van der Waals surface area (Å²) in [5.74, 6) is 0.727. The first-order chi connectivity index (χ1) is 11.4. The van der Waals surface area contributed by atoms with Gasteiger partial charge in [0.25, 0.3) is 0 Å². The van der Waals surface area contributed by atoms with E-state index in [1.807, 2.05) is 49.9 Å². The standard InChI is InChI=1S/C18H24N4O2/c1-18(2,3)24-17(23)22-10-6-7-13(22)11-20-16-12-19-14-8-4-5-9-15(14)21-16/h4-5,8-9,12-13H,6-7,10-11H2,1-3H3,(H,20,21)/t13-/m1/s1. The summed E-state index contributed by atoms with van der Waals surface area (Å²) in [6.45, 7) is 7.05. The zero-order valence-corrected chi connectivity index (χ0v) is 14.5. The van der Waals surface area contributed by atoms with Gasteiger partial charge >= 0.3 is 6.09 Å². The molecule has 6 nitrogen and oxygen atoms in total. The molecule has 3 rings (SSSR count). The quantitative estimate of drug-likeness (QED) is 0.935. The van der Waals surface area contributed by atoms with Crippen molar-refractivity contribution in [3.05, 3.63) is 30.5 Å². The molecule has 0 saturated carbocycles. The number of hydrogen-bond donors (Lipinski definition) is 1. The highest BCUT2D eigenvalue weighted by atomic mass is 16.6. The van der Waals surface area contributed by atoms with Crippen molar-refractivity contribution in [2.75, 3.05) is 18.4 Å². The molecule has 1 aliphatic heterocycles. The summed E-state index contributed by atoms with van der Waals surface area (Å²) in [5.41, 5.74) is 1.26. The van der Waals surface area contributed by atoms with Crippen LogP contribution in [0.1, 0.15) is 33.6 Å². The van der Waals surface area contributed by atoms with Gasteiger partial charge in [-0.3, -0.25) is 4.98 Å². The molecule has 0 spiro atoms. The Labute approximate surface area is 142 Å². The van der Waals surface area contributed by atoms with E-state index in [1.54, 1.807) is 6.20 Å². The molecule has 2 aromatic rings. The molecule has 0 unspecified atom stereocenters. The Balaban J connectivity index is 1.63. The predicted octanol–water partition coefficient (Wildman–Crippen LogP) is 3.44. The normalized spacial score (nSPS) is 18.0. The van der Waals surface area contributed by atoms with E-state index in [4.69, 9.17) is 4.74 Å². The molecule has 1 aromatic carbocycles. The smallest absolute Gasteiger partial charge is 0.410 e. The number of aromatic nitrogens is 2. The van der Waals surface area contributed by atoms with Gasteiger partial charge in [0.15, 0.2) is 0 Å². The molecule has 1 aromatic heterocycles. The van der Waals surface area contributed by atoms with Crippen molar-refractivity contribution < 1.29 is 9.53 Å². The van der Waals surface area contributed by atoms with E-state index in [1.165, 1.54) is 0 Å². The number of rotatable bonds is 3. The van der Waals surface area contributed by atoms with Gasteiger partial charge in [0.1, 0.15) is 11.4 Å². The monoisotopic (exact) mass is 328 g/mol. The number of carbonyl (C=O) groups excluding carboxylic acids is 1. The van der Waals surface area contributed by atoms with Gasteiger partial charge < -0.3 is 15.0 Å². The first kappa shape index (κ1) is 16.5. The highest BCUT2D eigenvalue weighted by Crippen LogP contribution is 2.21. The van der Waals surface area contributed by atoms with Gasteiger partial charge in [-0.25, -0.2) is 9.78 Å². The lowest BCUT2D eigenvalue weighted by atomic mass is 10.2. The lowest BCUT2D eigenvalue weighted by molar-refractivity contribution is 0.0235. The lowest BCUT2D eigenvalue weighted by Crippen LogP contribution is -2.42. The Kier molecular flexibility index (Phi) is 4.55. The maximum Gasteiger partial charge on any atom is 0.410 e. The Morgan fingerprint density at radius 3 is 2.83 bits per heavy atom. The molecule has 1 fully saturated rings. The van der Waals surface area contributed by atoms with Crippen LogP contribution in [-0.2, 0) is 4.74 Å². The molecular formula is C18H24N4O2. The van der Waals surface area contributed by atoms with Crippen molar-refractivity contribution in [2.45, 2.75) is 45.3 Å². The van der Waals surface area contributed by atoms with Crippen LogP contribution in [0.15, 0.2) is 30.5 Å². The van der Waals surface area contributed by atoms with Gasteiger partial charge in [0.05, 0.1) is 23.3 Å². The van der Waals surface area contributed by atoms with Crippen LogP contribution in [0.25, 0.3) is 11.0 Å². The Hall–Kier alpha value is -2.37. The van der Waals surface area contributed by atoms with Crippen LogP contribution in [0, 0.1) is 0 Å². The molecule has 2 heterocycles. The summed E-state index contributed by atoms with van der Waals surface area (Å²) in [6, 6.07) is 7.89. The first-order valence-corrected chi connectivity index (χ1v) is 8.38. The maximum absolute atomic E-state index is 12.3. The topological polar surface area (TPSA) is 67.3 Å². The van der Waals surface area contributed by atoms with E-state index in [0.717, 1.165) is 36.2 Å². The number of para-hydroxylation sites is 2. The van der Waals surface area contributed by atoms with Gasteiger partial charge in [0.2, 0.25) is 0 Å². The zero-order chi connectivity index (χ0) is 17.2. The number of nitrogens with zero attached hydrogens (tertiary/aromatic N) is 3. The summed E-state index contributed by atoms with van der Waals surface area (Å²) in [5, 5.41) is 3.30. The molecule has 0 bridgehead atoms. The Morgan fingerprint density at radius 2 is 2.08 bits per heavy atom. The number of amides is 1. The molecule has 1 saturated heterocycles. The van der Waals surface area contributed by atoms with Crippen LogP contribution in [0.4, 0.5) is 10.6 Å². The molecule has 1 atom stereocenters. The van der Waals surface area contributed by atoms with Gasteiger partial charge in [-0.2, -0.15) is 0 Å². The third-order valence-electron chi connectivity index (χ3n) is 3.97.